The number of benzene rings is 2. The third-order valence-electron chi connectivity index (χ3n) is 4.36. The van der Waals surface area contributed by atoms with Gasteiger partial charge in [0, 0.05) is 0 Å². The molecule has 2 aromatic carbocycles. The van der Waals surface area contributed by atoms with E-state index in [0.717, 1.165) is 0 Å². The van der Waals surface area contributed by atoms with Crippen molar-refractivity contribution in [3.8, 4) is 0 Å². The van der Waals surface area contributed by atoms with E-state index < -0.39 is 0 Å². The van der Waals surface area contributed by atoms with Gasteiger partial charge in [0.15, 0.2) is 0 Å². The lowest BCUT2D eigenvalue weighted by atomic mass is 10.2. The molecular formula is C22H22O3. The molecule has 2 saturated heterocycles. The first kappa shape index (κ1) is 16.3. The Morgan fingerprint density at radius 2 is 1.12 bits per heavy atom. The normalized spacial score (nSPS) is 27.8. The van der Waals surface area contributed by atoms with Gasteiger partial charge in [-0.1, -0.05) is 85.0 Å². The van der Waals surface area contributed by atoms with E-state index >= 15 is 0 Å². The van der Waals surface area contributed by atoms with Crippen molar-refractivity contribution < 1.29 is 14.2 Å². The summed E-state index contributed by atoms with van der Waals surface area (Å²) in [5, 5.41) is 0. The lowest BCUT2D eigenvalue weighted by Crippen LogP contribution is -2.09. The minimum Gasteiger partial charge on any atom is -0.376 e. The van der Waals surface area contributed by atoms with Crippen LogP contribution in [0.2, 0.25) is 0 Å². The lowest BCUT2D eigenvalue weighted by molar-refractivity contribution is 0.102. The van der Waals surface area contributed by atoms with Crippen LogP contribution in [-0.4, -0.2) is 37.6 Å². The van der Waals surface area contributed by atoms with Gasteiger partial charge in [-0.3, -0.25) is 0 Å². The van der Waals surface area contributed by atoms with Crippen LogP contribution in [0, 0.1) is 0 Å². The molecule has 4 atom stereocenters. The molecule has 0 N–H and O–H groups in total. The standard InChI is InChI=1S/C22H22O3/c1-3-7-17(8-4-1)11-13-19-21(24-19)15-23-16-22-20(25-22)14-12-18-9-5-2-6-10-18/h1-14,19-22H,15-16H2. The van der Waals surface area contributed by atoms with Crippen LogP contribution in [0.25, 0.3) is 12.2 Å². The second-order valence-electron chi connectivity index (χ2n) is 6.36. The summed E-state index contributed by atoms with van der Waals surface area (Å²) in [5.41, 5.74) is 2.38. The van der Waals surface area contributed by atoms with Gasteiger partial charge in [0.2, 0.25) is 0 Å². The van der Waals surface area contributed by atoms with Crippen molar-refractivity contribution in [3.63, 3.8) is 0 Å². The average molecular weight is 334 g/mol. The van der Waals surface area contributed by atoms with Gasteiger partial charge in [-0.15, -0.1) is 0 Å². The molecule has 2 aromatic rings. The van der Waals surface area contributed by atoms with Crippen LogP contribution in [0.4, 0.5) is 0 Å². The first-order valence-electron chi connectivity index (χ1n) is 8.74. The third kappa shape index (κ3) is 4.89. The zero-order chi connectivity index (χ0) is 16.9. The average Bonchev–Trinajstić information content (AvgIpc) is 3.58. The van der Waals surface area contributed by atoms with Crippen LogP contribution in [0.5, 0.6) is 0 Å². The molecule has 0 bridgehead atoms. The molecule has 128 valence electrons. The van der Waals surface area contributed by atoms with Gasteiger partial charge in [0.05, 0.1) is 13.2 Å². The minimum atomic E-state index is 0.175. The summed E-state index contributed by atoms with van der Waals surface area (Å²) in [6, 6.07) is 20.5. The summed E-state index contributed by atoms with van der Waals surface area (Å²) in [7, 11) is 0. The van der Waals surface area contributed by atoms with E-state index in [9.17, 15) is 0 Å². The topological polar surface area (TPSA) is 34.3 Å². The Hall–Kier alpha value is -2.20. The molecule has 0 aromatic heterocycles. The predicted octanol–water partition coefficient (Wildman–Crippen LogP) is 3.96. The zero-order valence-electron chi connectivity index (χ0n) is 14.0. The fraction of sp³-hybridized carbons (Fsp3) is 0.273. The van der Waals surface area contributed by atoms with Gasteiger partial charge >= 0.3 is 0 Å². The van der Waals surface area contributed by atoms with Crippen LogP contribution in [0.15, 0.2) is 72.8 Å². The largest absolute Gasteiger partial charge is 0.376 e. The number of rotatable bonds is 8. The quantitative estimate of drug-likeness (QED) is 0.685. The van der Waals surface area contributed by atoms with Gasteiger partial charge in [-0.2, -0.15) is 0 Å². The Kier molecular flexibility index (Phi) is 5.07. The third-order valence-corrected chi connectivity index (χ3v) is 4.36. The van der Waals surface area contributed by atoms with Crippen LogP contribution >= 0.6 is 0 Å². The first-order chi connectivity index (χ1) is 12.4. The fourth-order valence-electron chi connectivity index (χ4n) is 2.76. The summed E-state index contributed by atoms with van der Waals surface area (Å²) < 4.78 is 16.9. The first-order valence-corrected chi connectivity index (χ1v) is 8.74. The van der Waals surface area contributed by atoms with Crippen LogP contribution in [0.1, 0.15) is 11.1 Å². The van der Waals surface area contributed by atoms with Crippen molar-refractivity contribution in [3.05, 3.63) is 83.9 Å². The van der Waals surface area contributed by atoms with E-state index in [4.69, 9.17) is 14.2 Å². The summed E-state index contributed by atoms with van der Waals surface area (Å²) in [6.07, 6.45) is 9.10. The Morgan fingerprint density at radius 3 is 1.56 bits per heavy atom. The predicted molar refractivity (Wildman–Crippen MR) is 99.1 cm³/mol. The summed E-state index contributed by atoms with van der Waals surface area (Å²) in [6.45, 7) is 1.25. The van der Waals surface area contributed by atoms with Crippen molar-refractivity contribution in [2.45, 2.75) is 24.4 Å². The van der Waals surface area contributed by atoms with Crippen LogP contribution in [-0.2, 0) is 14.2 Å². The van der Waals surface area contributed by atoms with Crippen molar-refractivity contribution in [2.75, 3.05) is 13.2 Å². The van der Waals surface area contributed by atoms with Gasteiger partial charge in [0.1, 0.15) is 24.4 Å². The molecule has 0 spiro atoms. The van der Waals surface area contributed by atoms with Gasteiger partial charge in [-0.05, 0) is 11.1 Å². The Bertz CT molecular complexity index is 660. The fourth-order valence-corrected chi connectivity index (χ4v) is 2.76. The molecule has 0 radical (unpaired) electrons. The maximum Gasteiger partial charge on any atom is 0.111 e. The molecule has 4 rings (SSSR count). The monoisotopic (exact) mass is 334 g/mol. The minimum absolute atomic E-state index is 0.175. The molecule has 3 heteroatoms. The second kappa shape index (κ2) is 7.79. The molecule has 0 amide bonds. The van der Waals surface area contributed by atoms with Crippen molar-refractivity contribution in [1.82, 2.24) is 0 Å². The molecule has 0 aliphatic carbocycles. The number of ether oxygens (including phenoxy) is 3. The zero-order valence-corrected chi connectivity index (χ0v) is 14.0. The molecule has 2 fully saturated rings. The number of hydrogen-bond acceptors (Lipinski definition) is 3. The molecule has 25 heavy (non-hydrogen) atoms. The van der Waals surface area contributed by atoms with Gasteiger partial charge in [0.25, 0.3) is 0 Å². The number of epoxide rings is 2. The van der Waals surface area contributed by atoms with Crippen molar-refractivity contribution >= 4 is 12.2 Å². The molecular weight excluding hydrogens is 312 g/mol. The second-order valence-corrected chi connectivity index (χ2v) is 6.36. The highest BCUT2D eigenvalue weighted by Gasteiger charge is 2.39. The smallest absolute Gasteiger partial charge is 0.111 e. The van der Waals surface area contributed by atoms with E-state index in [1.807, 2.05) is 36.4 Å². The van der Waals surface area contributed by atoms with E-state index in [2.05, 4.69) is 48.6 Å². The highest BCUT2D eigenvalue weighted by molar-refractivity contribution is 5.50. The Balaban J connectivity index is 1.11. The number of hydrogen-bond donors (Lipinski definition) is 0. The molecule has 3 nitrogen and oxygen atoms in total. The molecule has 2 heterocycles. The highest BCUT2D eigenvalue weighted by atomic mass is 16.6. The summed E-state index contributed by atoms with van der Waals surface area (Å²) in [4.78, 5) is 0. The van der Waals surface area contributed by atoms with E-state index in [-0.39, 0.29) is 24.4 Å². The van der Waals surface area contributed by atoms with Gasteiger partial charge in [-0.25, -0.2) is 0 Å². The van der Waals surface area contributed by atoms with E-state index in [1.54, 1.807) is 0 Å². The molecule has 2 aliphatic rings. The molecule has 4 unspecified atom stereocenters. The Morgan fingerprint density at radius 1 is 0.680 bits per heavy atom. The highest BCUT2D eigenvalue weighted by Crippen LogP contribution is 2.27. The van der Waals surface area contributed by atoms with Crippen LogP contribution in [0.3, 0.4) is 0 Å². The maximum atomic E-state index is 5.73. The summed E-state index contributed by atoms with van der Waals surface area (Å²) >= 11 is 0. The van der Waals surface area contributed by atoms with Gasteiger partial charge < -0.3 is 14.2 Å². The maximum absolute atomic E-state index is 5.73. The lowest BCUT2D eigenvalue weighted by Gasteiger charge is -1.97. The van der Waals surface area contributed by atoms with E-state index in [0.29, 0.717) is 13.2 Å². The Labute approximate surface area is 148 Å². The van der Waals surface area contributed by atoms with E-state index in [1.165, 1.54) is 11.1 Å². The van der Waals surface area contributed by atoms with Crippen molar-refractivity contribution in [1.29, 1.82) is 0 Å². The molecule has 0 saturated carbocycles. The van der Waals surface area contributed by atoms with Crippen molar-refractivity contribution in [2.24, 2.45) is 0 Å². The molecule has 2 aliphatic heterocycles. The van der Waals surface area contributed by atoms with Crippen LogP contribution < -0.4 is 0 Å². The summed E-state index contributed by atoms with van der Waals surface area (Å²) in [5.74, 6) is 0. The SMILES string of the molecule is C(=CC1OC1COCC1OC1C=Cc1ccccc1)c1ccccc1.